The summed E-state index contributed by atoms with van der Waals surface area (Å²) >= 11 is 0. The number of carbonyl (C=O) groups is 1. The van der Waals surface area contributed by atoms with E-state index < -0.39 is 15.7 Å². The van der Waals surface area contributed by atoms with E-state index in [0.29, 0.717) is 6.54 Å². The molecule has 1 N–H and O–H groups in total. The number of carbonyl (C=O) groups excluding carboxylic acids is 1. The van der Waals surface area contributed by atoms with E-state index in [9.17, 15) is 13.2 Å². The highest BCUT2D eigenvalue weighted by molar-refractivity contribution is 7.94. The predicted octanol–water partition coefficient (Wildman–Crippen LogP) is 1.28. The van der Waals surface area contributed by atoms with Crippen molar-refractivity contribution >= 4 is 15.7 Å². The molecule has 0 atom stereocenters. The number of rotatable bonds is 5. The second kappa shape index (κ2) is 6.00. The molecule has 0 fully saturated rings. The van der Waals surface area contributed by atoms with Crippen molar-refractivity contribution in [3.63, 3.8) is 0 Å². The van der Waals surface area contributed by atoms with Gasteiger partial charge in [0.05, 0.1) is 4.90 Å². The quantitative estimate of drug-likeness (QED) is 0.633. The Bertz CT molecular complexity index is 518. The van der Waals surface area contributed by atoms with Gasteiger partial charge in [0, 0.05) is 18.0 Å². The molecule has 0 aliphatic carbocycles. The van der Waals surface area contributed by atoms with E-state index in [2.05, 4.69) is 11.9 Å². The zero-order valence-electron chi connectivity index (χ0n) is 9.17. The lowest BCUT2D eigenvalue weighted by Crippen LogP contribution is -2.20. The third-order valence-electron chi connectivity index (χ3n) is 1.89. The Labute approximate surface area is 101 Å². The second-order valence-electron chi connectivity index (χ2n) is 3.19. The van der Waals surface area contributed by atoms with Crippen LogP contribution in [0.1, 0.15) is 0 Å². The zero-order valence-corrected chi connectivity index (χ0v) is 9.98. The molecule has 90 valence electrons. The van der Waals surface area contributed by atoms with Crippen molar-refractivity contribution in [2.24, 2.45) is 0 Å². The van der Waals surface area contributed by atoms with Gasteiger partial charge >= 0.3 is 0 Å². The maximum absolute atomic E-state index is 11.7. The molecule has 0 aromatic heterocycles. The van der Waals surface area contributed by atoms with Crippen LogP contribution >= 0.6 is 0 Å². The van der Waals surface area contributed by atoms with Crippen LogP contribution in [0.3, 0.4) is 0 Å². The summed E-state index contributed by atoms with van der Waals surface area (Å²) < 4.78 is 23.4. The van der Waals surface area contributed by atoms with E-state index >= 15 is 0 Å². The highest BCUT2D eigenvalue weighted by atomic mass is 32.2. The third kappa shape index (κ3) is 4.24. The van der Waals surface area contributed by atoms with Gasteiger partial charge in [-0.05, 0) is 12.1 Å². The van der Waals surface area contributed by atoms with E-state index in [-0.39, 0.29) is 4.90 Å². The molecule has 1 amide bonds. The zero-order chi connectivity index (χ0) is 12.7. The van der Waals surface area contributed by atoms with Gasteiger partial charge < -0.3 is 5.32 Å². The summed E-state index contributed by atoms with van der Waals surface area (Å²) in [5.41, 5.74) is 0. The van der Waals surface area contributed by atoms with Gasteiger partial charge in [-0.2, -0.15) is 0 Å². The number of nitrogens with one attached hydrogen (secondary N) is 1. The van der Waals surface area contributed by atoms with Crippen LogP contribution in [0, 0.1) is 0 Å². The first-order chi connectivity index (χ1) is 8.06. The lowest BCUT2D eigenvalue weighted by Gasteiger charge is -1.98. The lowest BCUT2D eigenvalue weighted by molar-refractivity contribution is -0.116. The first-order valence-corrected chi connectivity index (χ1v) is 6.48. The number of hydrogen-bond acceptors (Lipinski definition) is 3. The first kappa shape index (κ1) is 13.2. The minimum absolute atomic E-state index is 0.160. The number of benzene rings is 1. The Kier molecular flexibility index (Phi) is 4.66. The Morgan fingerprint density at radius 1 is 1.29 bits per heavy atom. The molecule has 4 nitrogen and oxygen atoms in total. The predicted molar refractivity (Wildman–Crippen MR) is 66.0 cm³/mol. The largest absolute Gasteiger partial charge is 0.349 e. The normalized spacial score (nSPS) is 11.3. The average molecular weight is 251 g/mol. The van der Waals surface area contributed by atoms with Gasteiger partial charge in [0.15, 0.2) is 9.84 Å². The van der Waals surface area contributed by atoms with E-state index in [1.807, 2.05) is 0 Å². The van der Waals surface area contributed by atoms with Crippen molar-refractivity contribution in [3.8, 4) is 0 Å². The number of hydrogen-bond donors (Lipinski definition) is 1. The van der Waals surface area contributed by atoms with E-state index in [0.717, 1.165) is 11.5 Å². The first-order valence-electron chi connectivity index (χ1n) is 4.93. The van der Waals surface area contributed by atoms with Crippen molar-refractivity contribution in [2.75, 3.05) is 6.54 Å². The van der Waals surface area contributed by atoms with Crippen molar-refractivity contribution < 1.29 is 13.2 Å². The molecular weight excluding hydrogens is 238 g/mol. The van der Waals surface area contributed by atoms with Gasteiger partial charge in [-0.15, -0.1) is 6.58 Å². The number of sulfone groups is 1. The molecular formula is C12H13NO3S. The fourth-order valence-electron chi connectivity index (χ4n) is 1.07. The van der Waals surface area contributed by atoms with Gasteiger partial charge in [-0.3, -0.25) is 4.79 Å². The Balaban J connectivity index is 2.77. The van der Waals surface area contributed by atoms with Crippen LogP contribution in [0.2, 0.25) is 0 Å². The monoisotopic (exact) mass is 251 g/mol. The molecule has 0 spiro atoms. The maximum Gasteiger partial charge on any atom is 0.244 e. The Morgan fingerprint density at radius 3 is 2.53 bits per heavy atom. The van der Waals surface area contributed by atoms with Crippen LogP contribution in [0.15, 0.2) is 59.4 Å². The minimum Gasteiger partial charge on any atom is -0.349 e. The summed E-state index contributed by atoms with van der Waals surface area (Å²) in [7, 11) is -3.55. The fourth-order valence-corrected chi connectivity index (χ4v) is 2.07. The summed E-state index contributed by atoms with van der Waals surface area (Å²) in [6.07, 6.45) is 2.50. The topological polar surface area (TPSA) is 63.2 Å². The van der Waals surface area contributed by atoms with Crippen LogP contribution < -0.4 is 5.32 Å². The summed E-state index contributed by atoms with van der Waals surface area (Å²) in [4.78, 5) is 11.3. The molecule has 0 saturated carbocycles. The summed E-state index contributed by atoms with van der Waals surface area (Å²) in [6, 6.07) is 7.92. The van der Waals surface area contributed by atoms with Crippen LogP contribution in [-0.2, 0) is 14.6 Å². The molecule has 0 aliphatic heterocycles. The standard InChI is InChI=1S/C12H13NO3S/c1-2-9-13-12(14)8-10-17(15,16)11-6-4-3-5-7-11/h2-8,10H,1,9H2,(H,13,14). The van der Waals surface area contributed by atoms with Crippen LogP contribution in [-0.4, -0.2) is 20.9 Å². The maximum atomic E-state index is 11.7. The summed E-state index contributed by atoms with van der Waals surface area (Å²) in [5, 5.41) is 3.34. The van der Waals surface area contributed by atoms with Gasteiger partial charge in [-0.25, -0.2) is 8.42 Å². The molecule has 1 aromatic carbocycles. The van der Waals surface area contributed by atoms with Gasteiger partial charge in [0.25, 0.3) is 0 Å². The minimum atomic E-state index is -3.55. The van der Waals surface area contributed by atoms with Gasteiger partial charge in [0.2, 0.25) is 5.91 Å². The Morgan fingerprint density at radius 2 is 1.94 bits per heavy atom. The molecule has 0 aliphatic rings. The molecule has 0 unspecified atom stereocenters. The smallest absolute Gasteiger partial charge is 0.244 e. The lowest BCUT2D eigenvalue weighted by atomic mass is 10.4. The average Bonchev–Trinajstić information content (AvgIpc) is 2.35. The van der Waals surface area contributed by atoms with Gasteiger partial charge in [0.1, 0.15) is 0 Å². The summed E-state index contributed by atoms with van der Waals surface area (Å²) in [6.45, 7) is 3.73. The van der Waals surface area contributed by atoms with Crippen LogP contribution in [0.25, 0.3) is 0 Å². The molecule has 0 heterocycles. The van der Waals surface area contributed by atoms with Gasteiger partial charge in [-0.1, -0.05) is 24.3 Å². The molecule has 0 bridgehead atoms. The SMILES string of the molecule is C=CCNC(=O)C=CS(=O)(=O)c1ccccc1. The second-order valence-corrected chi connectivity index (χ2v) is 5.03. The summed E-state index contributed by atoms with van der Waals surface area (Å²) in [5.74, 6) is -0.468. The third-order valence-corrected chi connectivity index (χ3v) is 3.31. The van der Waals surface area contributed by atoms with Crippen molar-refractivity contribution in [1.29, 1.82) is 0 Å². The highest BCUT2D eigenvalue weighted by Gasteiger charge is 2.09. The van der Waals surface area contributed by atoms with E-state index in [1.54, 1.807) is 18.2 Å². The fraction of sp³-hybridized carbons (Fsp3) is 0.0833. The van der Waals surface area contributed by atoms with Crippen molar-refractivity contribution in [2.45, 2.75) is 4.90 Å². The number of amides is 1. The van der Waals surface area contributed by atoms with Crippen LogP contribution in [0.4, 0.5) is 0 Å². The van der Waals surface area contributed by atoms with Crippen molar-refractivity contribution in [3.05, 3.63) is 54.5 Å². The molecule has 5 heteroatoms. The molecule has 17 heavy (non-hydrogen) atoms. The highest BCUT2D eigenvalue weighted by Crippen LogP contribution is 2.10. The van der Waals surface area contributed by atoms with E-state index in [1.165, 1.54) is 18.2 Å². The van der Waals surface area contributed by atoms with Crippen molar-refractivity contribution in [1.82, 2.24) is 5.32 Å². The molecule has 1 aromatic rings. The van der Waals surface area contributed by atoms with E-state index in [4.69, 9.17) is 0 Å². The molecule has 0 radical (unpaired) electrons. The molecule has 0 saturated heterocycles. The molecule has 1 rings (SSSR count). The Hall–Kier alpha value is -1.88. The van der Waals surface area contributed by atoms with Crippen LogP contribution in [0.5, 0.6) is 0 Å².